The average Bonchev–Trinajstić information content (AvgIpc) is 3.46. The summed E-state index contributed by atoms with van der Waals surface area (Å²) < 4.78 is 18.8. The largest absolute Gasteiger partial charge is 0.329 e. The first-order valence-corrected chi connectivity index (χ1v) is 10.8. The van der Waals surface area contributed by atoms with Crippen molar-refractivity contribution < 1.29 is 9.18 Å². The average molecular weight is 440 g/mol. The van der Waals surface area contributed by atoms with Crippen LogP contribution in [0.5, 0.6) is 0 Å². The number of amides is 1. The van der Waals surface area contributed by atoms with E-state index in [1.54, 1.807) is 26.1 Å². The fourth-order valence-corrected chi connectivity index (χ4v) is 4.73. The van der Waals surface area contributed by atoms with Crippen LogP contribution in [-0.2, 0) is 20.1 Å². The highest BCUT2D eigenvalue weighted by Gasteiger charge is 2.31. The number of hydrogen-bond acceptors (Lipinski definition) is 4. The van der Waals surface area contributed by atoms with Crippen LogP contribution < -0.4 is 0 Å². The summed E-state index contributed by atoms with van der Waals surface area (Å²) in [5.74, 6) is 0.185. The molecule has 3 aromatic heterocycles. The zero-order chi connectivity index (χ0) is 22.9. The molecule has 6 rings (SSSR count). The molecule has 164 valence electrons. The van der Waals surface area contributed by atoms with Crippen molar-refractivity contribution in [2.75, 3.05) is 0 Å². The lowest BCUT2D eigenvalue weighted by Gasteiger charge is -2.16. The summed E-state index contributed by atoms with van der Waals surface area (Å²) in [7, 11) is 1.88. The molecule has 4 heterocycles. The van der Waals surface area contributed by atoms with Gasteiger partial charge in [0.1, 0.15) is 17.3 Å². The summed E-state index contributed by atoms with van der Waals surface area (Å²) in [6, 6.07) is 13.0. The Balaban J connectivity index is 1.33. The number of pyridine rings is 1. The molecule has 0 radical (unpaired) electrons. The fraction of sp³-hybridized carbons (Fsp3) is 0.200. The second-order valence-corrected chi connectivity index (χ2v) is 8.61. The van der Waals surface area contributed by atoms with Crippen LogP contribution in [0.15, 0.2) is 48.7 Å². The van der Waals surface area contributed by atoms with Gasteiger partial charge in [0.25, 0.3) is 5.91 Å². The van der Waals surface area contributed by atoms with Gasteiger partial charge in [-0.05, 0) is 42.7 Å². The van der Waals surface area contributed by atoms with Crippen molar-refractivity contribution in [3.63, 3.8) is 0 Å². The quantitative estimate of drug-likeness (QED) is 0.422. The Morgan fingerprint density at radius 3 is 2.73 bits per heavy atom. The molecule has 0 unspecified atom stereocenters. The Kier molecular flexibility index (Phi) is 4.14. The van der Waals surface area contributed by atoms with Crippen molar-refractivity contribution in [3.05, 3.63) is 82.7 Å². The van der Waals surface area contributed by atoms with Crippen molar-refractivity contribution in [2.24, 2.45) is 7.05 Å². The first-order chi connectivity index (χ1) is 15.9. The number of aryl methyl sites for hydroxylation is 3. The van der Waals surface area contributed by atoms with Gasteiger partial charge in [-0.3, -0.25) is 13.9 Å². The second-order valence-electron chi connectivity index (χ2n) is 8.61. The Morgan fingerprint density at radius 1 is 1.06 bits per heavy atom. The van der Waals surface area contributed by atoms with Gasteiger partial charge in [0, 0.05) is 42.8 Å². The number of carbonyl (C=O) groups is 1. The minimum atomic E-state index is -0.334. The Hall–Kier alpha value is -4.07. The highest BCUT2D eigenvalue weighted by atomic mass is 19.1. The van der Waals surface area contributed by atoms with E-state index >= 15 is 4.39 Å². The predicted octanol–water partition coefficient (Wildman–Crippen LogP) is 4.19. The van der Waals surface area contributed by atoms with Gasteiger partial charge in [-0.1, -0.05) is 30.3 Å². The molecule has 8 heteroatoms. The van der Waals surface area contributed by atoms with Gasteiger partial charge in [-0.15, -0.1) is 10.2 Å². The van der Waals surface area contributed by atoms with Gasteiger partial charge in [0.2, 0.25) is 0 Å². The minimum absolute atomic E-state index is 0.141. The summed E-state index contributed by atoms with van der Waals surface area (Å²) >= 11 is 0. The van der Waals surface area contributed by atoms with E-state index in [1.807, 2.05) is 57.4 Å². The number of fused-ring (bicyclic) bond motifs is 4. The zero-order valence-electron chi connectivity index (χ0n) is 18.5. The maximum absolute atomic E-state index is 15.2. The molecule has 0 fully saturated rings. The Labute approximate surface area is 189 Å². The molecule has 2 aromatic carbocycles. The molecule has 1 aliphatic rings. The first kappa shape index (κ1) is 19.6. The van der Waals surface area contributed by atoms with E-state index in [0.29, 0.717) is 29.3 Å². The Morgan fingerprint density at radius 2 is 1.91 bits per heavy atom. The standard InChI is InChI=1S/C25H21FN6O/c1-14-4-8-19(20-13-30(3)29-23(14)20)16-5-6-17(21(26)10-16)11-31-12-18-7-9-22-28-27-15(2)32(22)24(18)25(31)33/h4-10,13H,11-12H2,1-3H3. The summed E-state index contributed by atoms with van der Waals surface area (Å²) in [4.78, 5) is 14.8. The van der Waals surface area contributed by atoms with Gasteiger partial charge in [0.05, 0.1) is 5.52 Å². The van der Waals surface area contributed by atoms with E-state index in [4.69, 9.17) is 0 Å². The van der Waals surface area contributed by atoms with E-state index in [0.717, 1.165) is 33.2 Å². The maximum Gasteiger partial charge on any atom is 0.271 e. The van der Waals surface area contributed by atoms with E-state index < -0.39 is 0 Å². The van der Waals surface area contributed by atoms with Crippen LogP contribution in [0.2, 0.25) is 0 Å². The molecule has 0 atom stereocenters. The van der Waals surface area contributed by atoms with Crippen molar-refractivity contribution in [2.45, 2.75) is 26.9 Å². The molecule has 0 aliphatic carbocycles. The number of halogens is 1. The molecule has 1 aliphatic heterocycles. The fourth-order valence-electron chi connectivity index (χ4n) is 4.73. The van der Waals surface area contributed by atoms with E-state index in [9.17, 15) is 4.79 Å². The molecule has 0 spiro atoms. The van der Waals surface area contributed by atoms with Crippen LogP contribution in [0.4, 0.5) is 4.39 Å². The molecule has 0 bridgehead atoms. The predicted molar refractivity (Wildman–Crippen MR) is 122 cm³/mol. The summed E-state index contributed by atoms with van der Waals surface area (Å²) in [6.07, 6.45) is 1.96. The van der Waals surface area contributed by atoms with Gasteiger partial charge >= 0.3 is 0 Å². The third-order valence-electron chi connectivity index (χ3n) is 6.38. The van der Waals surface area contributed by atoms with Crippen molar-refractivity contribution in [1.29, 1.82) is 0 Å². The van der Waals surface area contributed by atoms with Crippen LogP contribution in [0.25, 0.3) is 27.7 Å². The van der Waals surface area contributed by atoms with Crippen molar-refractivity contribution in [1.82, 2.24) is 29.3 Å². The lowest BCUT2D eigenvalue weighted by molar-refractivity contribution is 0.0759. The number of carbonyl (C=O) groups excluding carboxylic acids is 1. The van der Waals surface area contributed by atoms with Crippen LogP contribution in [0.3, 0.4) is 0 Å². The second kappa shape index (κ2) is 6.96. The van der Waals surface area contributed by atoms with E-state index in [-0.39, 0.29) is 18.3 Å². The number of hydrogen-bond donors (Lipinski definition) is 0. The summed E-state index contributed by atoms with van der Waals surface area (Å²) in [6.45, 7) is 4.46. The smallest absolute Gasteiger partial charge is 0.271 e. The third kappa shape index (κ3) is 2.94. The number of benzene rings is 2. The van der Waals surface area contributed by atoms with Gasteiger partial charge in [-0.25, -0.2) is 4.39 Å². The molecule has 5 aromatic rings. The van der Waals surface area contributed by atoms with Crippen LogP contribution >= 0.6 is 0 Å². The van der Waals surface area contributed by atoms with Gasteiger partial charge in [-0.2, -0.15) is 5.10 Å². The third-order valence-corrected chi connectivity index (χ3v) is 6.38. The molecule has 1 amide bonds. The zero-order valence-corrected chi connectivity index (χ0v) is 18.5. The normalized spacial score (nSPS) is 13.5. The van der Waals surface area contributed by atoms with E-state index in [1.165, 1.54) is 0 Å². The van der Waals surface area contributed by atoms with Gasteiger partial charge < -0.3 is 4.90 Å². The number of nitrogens with zero attached hydrogens (tertiary/aromatic N) is 6. The minimum Gasteiger partial charge on any atom is -0.329 e. The SMILES string of the molecule is Cc1ccc(-c2ccc(CN3Cc4ccc5nnc(C)n5c4C3=O)c(F)c2)c2cn(C)nc12. The van der Waals surface area contributed by atoms with Crippen molar-refractivity contribution in [3.8, 4) is 11.1 Å². The van der Waals surface area contributed by atoms with Gasteiger partial charge in [0.15, 0.2) is 5.65 Å². The highest BCUT2D eigenvalue weighted by molar-refractivity contribution is 5.98. The molecule has 7 nitrogen and oxygen atoms in total. The van der Waals surface area contributed by atoms with Crippen molar-refractivity contribution >= 4 is 22.5 Å². The van der Waals surface area contributed by atoms with E-state index in [2.05, 4.69) is 15.3 Å². The van der Waals surface area contributed by atoms with Crippen LogP contribution in [0, 0.1) is 19.7 Å². The number of rotatable bonds is 3. The molecule has 0 N–H and O–H groups in total. The number of aromatic nitrogens is 5. The molecular formula is C25H21FN6O. The lowest BCUT2D eigenvalue weighted by atomic mass is 9.98. The lowest BCUT2D eigenvalue weighted by Crippen LogP contribution is -2.24. The van der Waals surface area contributed by atoms with Crippen LogP contribution in [-0.4, -0.2) is 35.2 Å². The molecule has 0 saturated heterocycles. The highest BCUT2D eigenvalue weighted by Crippen LogP contribution is 2.32. The first-order valence-electron chi connectivity index (χ1n) is 10.8. The molecule has 0 saturated carbocycles. The monoisotopic (exact) mass is 440 g/mol. The topological polar surface area (TPSA) is 68.3 Å². The maximum atomic E-state index is 15.2. The molecule has 33 heavy (non-hydrogen) atoms. The molecular weight excluding hydrogens is 419 g/mol. The summed E-state index contributed by atoms with van der Waals surface area (Å²) in [5, 5.41) is 13.7. The van der Waals surface area contributed by atoms with Crippen LogP contribution in [0.1, 0.15) is 33.0 Å². The Bertz CT molecular complexity index is 1600. The summed E-state index contributed by atoms with van der Waals surface area (Å²) in [5.41, 5.74) is 6.28.